The van der Waals surface area contributed by atoms with E-state index >= 15 is 0 Å². The maximum absolute atomic E-state index is 11.5. The average Bonchev–Trinajstić information content (AvgIpc) is 2.32. The van der Waals surface area contributed by atoms with Crippen LogP contribution < -0.4 is 10.1 Å². The van der Waals surface area contributed by atoms with Gasteiger partial charge in [0, 0.05) is 0 Å². The van der Waals surface area contributed by atoms with Crippen molar-refractivity contribution in [3.63, 3.8) is 0 Å². The van der Waals surface area contributed by atoms with Crippen LogP contribution in [0.5, 0.6) is 5.75 Å². The third kappa shape index (κ3) is 4.79. The summed E-state index contributed by atoms with van der Waals surface area (Å²) in [5.41, 5.74) is 0.664. The fourth-order valence-corrected chi connectivity index (χ4v) is 1.68. The van der Waals surface area contributed by atoms with Crippen molar-refractivity contribution in [2.24, 2.45) is 0 Å². The molecule has 0 atom stereocenters. The molecule has 1 N–H and O–H groups in total. The van der Waals surface area contributed by atoms with Crippen molar-refractivity contribution >= 4 is 23.4 Å². The molecule has 0 unspecified atom stereocenters. The third-order valence-corrected chi connectivity index (χ3v) is 2.66. The average molecular weight is 250 g/mol. The largest absolute Gasteiger partial charge is 0.492 e. The van der Waals surface area contributed by atoms with E-state index in [1.165, 1.54) is 11.8 Å². The number of carbonyl (C=O) groups is 1. The van der Waals surface area contributed by atoms with Gasteiger partial charge in [0.05, 0.1) is 29.9 Å². The van der Waals surface area contributed by atoms with Gasteiger partial charge in [-0.15, -0.1) is 11.8 Å². The molecule has 1 aromatic rings. The Labute approximate surface area is 105 Å². The fraction of sp³-hybridized carbons (Fsp3) is 0.333. The van der Waals surface area contributed by atoms with Crippen LogP contribution in [0.25, 0.3) is 0 Å². The zero-order chi connectivity index (χ0) is 12.5. The second-order valence-corrected chi connectivity index (χ2v) is 4.11. The minimum Gasteiger partial charge on any atom is -0.492 e. The van der Waals surface area contributed by atoms with Crippen molar-refractivity contribution in [2.75, 3.05) is 23.4 Å². The first-order chi connectivity index (χ1) is 8.27. The van der Waals surface area contributed by atoms with Gasteiger partial charge >= 0.3 is 0 Å². The molecule has 0 bridgehead atoms. The van der Waals surface area contributed by atoms with Gasteiger partial charge in [-0.05, 0) is 19.1 Å². The van der Waals surface area contributed by atoms with Crippen LogP contribution in [0.1, 0.15) is 6.92 Å². The lowest BCUT2D eigenvalue weighted by molar-refractivity contribution is -0.113. The van der Waals surface area contributed by atoms with Crippen LogP contribution in [0.4, 0.5) is 5.69 Å². The van der Waals surface area contributed by atoms with Crippen LogP contribution in [0.15, 0.2) is 24.3 Å². The van der Waals surface area contributed by atoms with E-state index in [1.54, 1.807) is 6.07 Å². The number of benzene rings is 1. The van der Waals surface area contributed by atoms with E-state index in [9.17, 15) is 4.79 Å². The number of rotatable bonds is 6. The normalized spacial score (nSPS) is 9.41. The number of nitrogens with zero attached hydrogens (tertiary/aromatic N) is 1. The van der Waals surface area contributed by atoms with Crippen LogP contribution in [-0.2, 0) is 4.79 Å². The summed E-state index contributed by atoms with van der Waals surface area (Å²) in [6.45, 7) is 2.44. The molecule has 0 aromatic heterocycles. The SMILES string of the molecule is CCOc1ccccc1NC(=O)CSCC#N. The summed E-state index contributed by atoms with van der Waals surface area (Å²) in [5, 5.41) is 11.1. The summed E-state index contributed by atoms with van der Waals surface area (Å²) in [5.74, 6) is 1.13. The van der Waals surface area contributed by atoms with E-state index in [1.807, 2.05) is 31.2 Å². The topological polar surface area (TPSA) is 62.1 Å². The van der Waals surface area contributed by atoms with Crippen LogP contribution in [0.3, 0.4) is 0 Å². The summed E-state index contributed by atoms with van der Waals surface area (Å²) in [6, 6.07) is 9.26. The molecule has 0 spiro atoms. The minimum atomic E-state index is -0.127. The second kappa shape index (κ2) is 7.58. The first-order valence-electron chi connectivity index (χ1n) is 5.24. The smallest absolute Gasteiger partial charge is 0.234 e. The number of nitriles is 1. The first kappa shape index (κ1) is 13.4. The zero-order valence-electron chi connectivity index (χ0n) is 9.60. The van der Waals surface area contributed by atoms with E-state index in [2.05, 4.69) is 5.32 Å². The monoisotopic (exact) mass is 250 g/mol. The number of para-hydroxylation sites is 2. The van der Waals surface area contributed by atoms with Crippen molar-refractivity contribution in [1.82, 2.24) is 0 Å². The Bertz CT molecular complexity index is 415. The molecular weight excluding hydrogens is 236 g/mol. The van der Waals surface area contributed by atoms with Gasteiger partial charge in [0.15, 0.2) is 0 Å². The summed E-state index contributed by atoms with van der Waals surface area (Å²) >= 11 is 1.29. The third-order valence-electron chi connectivity index (χ3n) is 1.86. The number of thioether (sulfide) groups is 1. The van der Waals surface area contributed by atoms with Crippen molar-refractivity contribution in [3.8, 4) is 11.8 Å². The number of nitrogens with one attached hydrogen (secondary N) is 1. The summed E-state index contributed by atoms with van der Waals surface area (Å²) in [6.07, 6.45) is 0. The van der Waals surface area contributed by atoms with E-state index < -0.39 is 0 Å². The van der Waals surface area contributed by atoms with Gasteiger partial charge < -0.3 is 10.1 Å². The Balaban J connectivity index is 2.55. The molecule has 0 aliphatic carbocycles. The van der Waals surface area contributed by atoms with Gasteiger partial charge in [0.2, 0.25) is 5.91 Å². The molecule has 0 aliphatic heterocycles. The van der Waals surface area contributed by atoms with Crippen molar-refractivity contribution in [3.05, 3.63) is 24.3 Å². The Morgan fingerprint density at radius 1 is 1.53 bits per heavy atom. The molecule has 0 aliphatic rings. The lowest BCUT2D eigenvalue weighted by atomic mass is 10.3. The quantitative estimate of drug-likeness (QED) is 0.787. The Morgan fingerprint density at radius 3 is 3.00 bits per heavy atom. The van der Waals surface area contributed by atoms with Crippen molar-refractivity contribution in [2.45, 2.75) is 6.92 Å². The molecule has 5 heteroatoms. The maximum Gasteiger partial charge on any atom is 0.234 e. The van der Waals surface area contributed by atoms with E-state index in [4.69, 9.17) is 10.00 Å². The highest BCUT2D eigenvalue weighted by Gasteiger charge is 2.06. The Kier molecular flexibility index (Phi) is 5.97. The lowest BCUT2D eigenvalue weighted by Crippen LogP contribution is -2.15. The number of amides is 1. The molecule has 0 radical (unpaired) electrons. The molecule has 0 saturated heterocycles. The van der Waals surface area contributed by atoms with Gasteiger partial charge in [-0.2, -0.15) is 5.26 Å². The predicted molar refractivity (Wildman–Crippen MR) is 69.2 cm³/mol. The molecule has 0 saturated carbocycles. The predicted octanol–water partition coefficient (Wildman–Crippen LogP) is 2.28. The highest BCUT2D eigenvalue weighted by molar-refractivity contribution is 8.00. The van der Waals surface area contributed by atoms with Gasteiger partial charge in [-0.3, -0.25) is 4.79 Å². The van der Waals surface area contributed by atoms with Crippen LogP contribution in [0, 0.1) is 11.3 Å². The summed E-state index contributed by atoms with van der Waals surface area (Å²) in [4.78, 5) is 11.5. The molecule has 1 amide bonds. The molecular formula is C12H14N2O2S. The molecule has 4 nitrogen and oxygen atoms in total. The number of carbonyl (C=O) groups excluding carboxylic acids is 1. The van der Waals surface area contributed by atoms with Gasteiger partial charge in [-0.1, -0.05) is 12.1 Å². The number of anilines is 1. The molecule has 1 aromatic carbocycles. The zero-order valence-corrected chi connectivity index (χ0v) is 10.4. The van der Waals surface area contributed by atoms with E-state index in [-0.39, 0.29) is 11.7 Å². The van der Waals surface area contributed by atoms with Crippen LogP contribution in [-0.4, -0.2) is 24.0 Å². The molecule has 0 fully saturated rings. The van der Waals surface area contributed by atoms with Gasteiger partial charge in [0.25, 0.3) is 0 Å². The van der Waals surface area contributed by atoms with Crippen molar-refractivity contribution < 1.29 is 9.53 Å². The molecule has 17 heavy (non-hydrogen) atoms. The molecule has 0 heterocycles. The van der Waals surface area contributed by atoms with Crippen molar-refractivity contribution in [1.29, 1.82) is 5.26 Å². The Hall–Kier alpha value is -1.67. The summed E-state index contributed by atoms with van der Waals surface area (Å²) in [7, 11) is 0. The van der Waals surface area contributed by atoms with Crippen LogP contribution in [0.2, 0.25) is 0 Å². The molecule has 1 rings (SSSR count). The maximum atomic E-state index is 11.5. The summed E-state index contributed by atoms with van der Waals surface area (Å²) < 4.78 is 5.39. The fourth-order valence-electron chi connectivity index (χ4n) is 1.23. The number of hydrogen-bond acceptors (Lipinski definition) is 4. The van der Waals surface area contributed by atoms with E-state index in [0.717, 1.165) is 0 Å². The number of ether oxygens (including phenoxy) is 1. The highest BCUT2D eigenvalue weighted by Crippen LogP contribution is 2.23. The van der Waals surface area contributed by atoms with Gasteiger partial charge in [-0.25, -0.2) is 0 Å². The second-order valence-electron chi connectivity index (χ2n) is 3.13. The standard InChI is InChI=1S/C12H14N2O2S/c1-2-16-11-6-4-3-5-10(11)14-12(15)9-17-8-7-13/h3-6H,2,8-9H2,1H3,(H,14,15). The number of hydrogen-bond donors (Lipinski definition) is 1. The first-order valence-corrected chi connectivity index (χ1v) is 6.39. The van der Waals surface area contributed by atoms with Gasteiger partial charge in [0.1, 0.15) is 5.75 Å². The van der Waals surface area contributed by atoms with E-state index in [0.29, 0.717) is 23.8 Å². The Morgan fingerprint density at radius 2 is 2.29 bits per heavy atom. The highest BCUT2D eigenvalue weighted by atomic mass is 32.2. The minimum absolute atomic E-state index is 0.127. The van der Waals surface area contributed by atoms with Crippen LogP contribution >= 0.6 is 11.8 Å². The molecule has 90 valence electrons. The lowest BCUT2D eigenvalue weighted by Gasteiger charge is -2.10.